The van der Waals surface area contributed by atoms with Crippen molar-refractivity contribution in [3.8, 4) is 22.4 Å². The van der Waals surface area contributed by atoms with E-state index in [0.717, 1.165) is 34.2 Å². The van der Waals surface area contributed by atoms with E-state index in [-0.39, 0.29) is 5.82 Å². The van der Waals surface area contributed by atoms with Crippen LogP contribution in [-0.2, 0) is 11.2 Å². The Morgan fingerprint density at radius 1 is 0.914 bits per heavy atom. The third-order valence-corrected chi connectivity index (χ3v) is 5.22. The number of halogens is 1. The number of H-pyrrole nitrogens is 1. The molecule has 0 saturated carbocycles. The number of pyridine rings is 2. The number of hydrogen-bond donors (Lipinski definition) is 3. The largest absolute Gasteiger partial charge is 0.339 e. The third-order valence-electron chi connectivity index (χ3n) is 5.22. The van der Waals surface area contributed by atoms with E-state index in [1.54, 1.807) is 30.6 Å². The summed E-state index contributed by atoms with van der Waals surface area (Å²) in [6.07, 6.45) is 5.17. The van der Waals surface area contributed by atoms with E-state index in [4.69, 9.17) is 0 Å². The molecule has 1 amide bonds. The fourth-order valence-corrected chi connectivity index (χ4v) is 3.58. The van der Waals surface area contributed by atoms with Crippen LogP contribution in [0.25, 0.3) is 33.4 Å². The van der Waals surface area contributed by atoms with Gasteiger partial charge >= 0.3 is 0 Å². The molecule has 3 aromatic heterocycles. The summed E-state index contributed by atoms with van der Waals surface area (Å²) in [6.45, 7) is 2.16. The van der Waals surface area contributed by atoms with Crippen molar-refractivity contribution in [3.63, 3.8) is 0 Å². The fourth-order valence-electron chi connectivity index (χ4n) is 3.58. The number of fused-ring (bicyclic) bond motifs is 1. The van der Waals surface area contributed by atoms with E-state index in [9.17, 15) is 9.18 Å². The Kier molecular flexibility index (Phi) is 9.22. The number of aryl methyl sites for hydroxylation is 1. The van der Waals surface area contributed by atoms with E-state index < -0.39 is 0 Å². The highest BCUT2D eigenvalue weighted by molar-refractivity contribution is 6.03. The molecule has 0 aliphatic rings. The highest BCUT2D eigenvalue weighted by atomic mass is 19.1. The molecule has 0 bridgehead atoms. The monoisotopic (exact) mass is 469 g/mol. The summed E-state index contributed by atoms with van der Waals surface area (Å²) in [4.78, 5) is 22.4. The molecule has 4 N–H and O–H groups in total. The number of nitrogens with one attached hydrogen (secondary N) is 2. The Morgan fingerprint density at radius 2 is 1.60 bits per heavy atom. The van der Waals surface area contributed by atoms with Crippen LogP contribution in [-0.4, -0.2) is 28.4 Å². The number of nitrogens with two attached hydrogens (primary N) is 1. The summed E-state index contributed by atoms with van der Waals surface area (Å²) in [7, 11) is 1.50. The van der Waals surface area contributed by atoms with Crippen LogP contribution in [0.2, 0.25) is 0 Å². The predicted molar refractivity (Wildman–Crippen MR) is 140 cm³/mol. The van der Waals surface area contributed by atoms with E-state index in [1.165, 1.54) is 24.7 Å². The molecule has 35 heavy (non-hydrogen) atoms. The minimum absolute atomic E-state index is 0.291. The number of anilines is 1. The standard InChI is InChI=1S/C19H13FN4O.C8H10.CH5N/c20-14-3-1-13(2-4-14)18-17(12-7-9-21-10-8-12)15-5-6-16(22-11-25)23-19(15)24-18;1-2-8-6-4-3-5-7-8;1-2/h1-11H,(H2,22,23,24,25);3-7H,2H2,1H3;2H2,1H3. The molecule has 0 fully saturated rings. The van der Waals surface area contributed by atoms with Crippen LogP contribution in [0.5, 0.6) is 0 Å². The summed E-state index contributed by atoms with van der Waals surface area (Å²) < 4.78 is 13.3. The summed E-state index contributed by atoms with van der Waals surface area (Å²) in [5.74, 6) is 0.164. The van der Waals surface area contributed by atoms with Gasteiger partial charge in [0.25, 0.3) is 0 Å². The van der Waals surface area contributed by atoms with Gasteiger partial charge in [-0.3, -0.25) is 9.78 Å². The van der Waals surface area contributed by atoms with Crippen molar-refractivity contribution in [2.45, 2.75) is 13.3 Å². The average Bonchev–Trinajstić information content (AvgIpc) is 3.30. The maximum absolute atomic E-state index is 13.3. The molecule has 7 heteroatoms. The molecule has 0 spiro atoms. The first-order chi connectivity index (χ1) is 17.2. The van der Waals surface area contributed by atoms with Gasteiger partial charge in [-0.05, 0) is 78.7 Å². The van der Waals surface area contributed by atoms with Crippen molar-refractivity contribution >= 4 is 23.3 Å². The van der Waals surface area contributed by atoms with Crippen molar-refractivity contribution in [2.24, 2.45) is 5.73 Å². The molecule has 5 rings (SSSR count). The zero-order chi connectivity index (χ0) is 25.0. The van der Waals surface area contributed by atoms with Crippen molar-refractivity contribution in [2.75, 3.05) is 12.4 Å². The number of aromatic amines is 1. The van der Waals surface area contributed by atoms with Gasteiger partial charge in [-0.2, -0.15) is 0 Å². The third kappa shape index (κ3) is 6.37. The molecule has 0 unspecified atom stereocenters. The van der Waals surface area contributed by atoms with Crippen molar-refractivity contribution in [1.82, 2.24) is 15.0 Å². The summed E-state index contributed by atoms with van der Waals surface area (Å²) in [5, 5.41) is 3.45. The maximum Gasteiger partial charge on any atom is 0.212 e. The van der Waals surface area contributed by atoms with Crippen LogP contribution < -0.4 is 11.1 Å². The molecular formula is C28H28FN5O. The predicted octanol–water partition coefficient (Wildman–Crippen LogP) is 5.82. The average molecular weight is 470 g/mol. The normalized spacial score (nSPS) is 9.94. The number of carbonyl (C=O) groups excluding carboxylic acids is 1. The van der Waals surface area contributed by atoms with Gasteiger partial charge in [0.1, 0.15) is 17.3 Å². The van der Waals surface area contributed by atoms with Crippen LogP contribution >= 0.6 is 0 Å². The zero-order valence-electron chi connectivity index (χ0n) is 19.7. The van der Waals surface area contributed by atoms with Crippen LogP contribution in [0.4, 0.5) is 10.2 Å². The summed E-state index contributed by atoms with van der Waals surface area (Å²) in [6, 6.07) is 24.2. The molecule has 0 atom stereocenters. The molecule has 0 aliphatic heterocycles. The molecule has 0 saturated heterocycles. The quantitative estimate of drug-likeness (QED) is 0.282. The summed E-state index contributed by atoms with van der Waals surface area (Å²) >= 11 is 0. The molecule has 178 valence electrons. The maximum atomic E-state index is 13.3. The van der Waals surface area contributed by atoms with Crippen molar-refractivity contribution in [3.05, 3.63) is 103 Å². The number of hydrogen-bond acceptors (Lipinski definition) is 4. The van der Waals surface area contributed by atoms with Crippen molar-refractivity contribution < 1.29 is 9.18 Å². The minimum atomic E-state index is -0.291. The smallest absolute Gasteiger partial charge is 0.212 e. The Labute approximate surface area is 204 Å². The lowest BCUT2D eigenvalue weighted by Crippen LogP contribution is -1.96. The molecule has 5 aromatic rings. The molecule has 0 aliphatic carbocycles. The van der Waals surface area contributed by atoms with E-state index in [1.807, 2.05) is 24.3 Å². The van der Waals surface area contributed by atoms with Crippen LogP contribution in [0.15, 0.2) is 91.3 Å². The van der Waals surface area contributed by atoms with Gasteiger partial charge in [-0.1, -0.05) is 37.3 Å². The Morgan fingerprint density at radius 3 is 2.20 bits per heavy atom. The van der Waals surface area contributed by atoms with Crippen LogP contribution in [0.1, 0.15) is 12.5 Å². The molecule has 3 heterocycles. The number of amides is 1. The first-order valence-electron chi connectivity index (χ1n) is 11.2. The zero-order valence-corrected chi connectivity index (χ0v) is 19.7. The second kappa shape index (κ2) is 12.8. The Bertz CT molecular complexity index is 1340. The molecule has 2 aromatic carbocycles. The van der Waals surface area contributed by atoms with E-state index in [0.29, 0.717) is 17.9 Å². The highest BCUT2D eigenvalue weighted by Crippen LogP contribution is 2.37. The number of benzene rings is 2. The number of rotatable bonds is 5. The topological polar surface area (TPSA) is 96.7 Å². The Balaban J connectivity index is 0.000000289. The van der Waals surface area contributed by atoms with Gasteiger partial charge in [-0.15, -0.1) is 0 Å². The lowest BCUT2D eigenvalue weighted by molar-refractivity contribution is -0.105. The van der Waals surface area contributed by atoms with E-state index in [2.05, 4.69) is 57.2 Å². The lowest BCUT2D eigenvalue weighted by atomic mass is 10.00. The van der Waals surface area contributed by atoms with Gasteiger partial charge < -0.3 is 16.0 Å². The second-order valence-electron chi connectivity index (χ2n) is 7.31. The van der Waals surface area contributed by atoms with Gasteiger partial charge in [0, 0.05) is 23.3 Å². The van der Waals surface area contributed by atoms with Crippen LogP contribution in [0, 0.1) is 5.82 Å². The molecule has 6 nitrogen and oxygen atoms in total. The number of aromatic nitrogens is 3. The second-order valence-corrected chi connectivity index (χ2v) is 7.31. The molecular weight excluding hydrogens is 441 g/mol. The minimum Gasteiger partial charge on any atom is -0.339 e. The fraction of sp³-hybridized carbons (Fsp3) is 0.107. The van der Waals surface area contributed by atoms with Crippen LogP contribution in [0.3, 0.4) is 0 Å². The van der Waals surface area contributed by atoms with Crippen molar-refractivity contribution in [1.29, 1.82) is 0 Å². The van der Waals surface area contributed by atoms with E-state index >= 15 is 0 Å². The summed E-state index contributed by atoms with van der Waals surface area (Å²) in [5.41, 5.74) is 10.1. The van der Waals surface area contributed by atoms with Gasteiger partial charge in [0.15, 0.2) is 0 Å². The first kappa shape index (κ1) is 25.3. The first-order valence-corrected chi connectivity index (χ1v) is 11.2. The van der Waals surface area contributed by atoms with Gasteiger partial charge in [0.05, 0.1) is 5.69 Å². The number of carbonyl (C=O) groups is 1. The van der Waals surface area contributed by atoms with Gasteiger partial charge in [0.2, 0.25) is 6.41 Å². The Hall–Kier alpha value is -4.36. The highest BCUT2D eigenvalue weighted by Gasteiger charge is 2.16. The van der Waals surface area contributed by atoms with Gasteiger partial charge in [-0.25, -0.2) is 9.37 Å². The number of nitrogens with zero attached hydrogens (tertiary/aromatic N) is 2. The SMILES string of the molecule is CCc1ccccc1.CN.O=CNc1ccc2c(-c3ccncc3)c(-c3ccc(F)cc3)[nH]c2n1. The molecule has 0 radical (unpaired) electrons. The lowest BCUT2D eigenvalue weighted by Gasteiger charge is -2.05.